The van der Waals surface area contributed by atoms with Gasteiger partial charge >= 0.3 is 5.97 Å². The van der Waals surface area contributed by atoms with Crippen molar-refractivity contribution in [3.8, 4) is 0 Å². The van der Waals surface area contributed by atoms with Crippen LogP contribution in [0.4, 0.5) is 0 Å². The summed E-state index contributed by atoms with van der Waals surface area (Å²) in [5.41, 5.74) is -0.452. The van der Waals surface area contributed by atoms with E-state index in [1.54, 1.807) is 7.11 Å². The summed E-state index contributed by atoms with van der Waals surface area (Å²) in [7, 11) is 1.72. The molecule has 4 heteroatoms. The topological polar surface area (TPSA) is 49.8 Å². The molecular formula is C13H25NO3. The molecule has 1 rings (SSSR count). The highest BCUT2D eigenvalue weighted by molar-refractivity contribution is 5.74. The molecule has 0 aromatic rings. The van der Waals surface area contributed by atoms with Crippen molar-refractivity contribution in [2.24, 2.45) is 5.41 Å². The molecule has 0 amide bonds. The average molecular weight is 243 g/mol. The normalized spacial score (nSPS) is 20.4. The first-order valence-electron chi connectivity index (χ1n) is 6.59. The highest BCUT2D eigenvalue weighted by Crippen LogP contribution is 2.36. The quantitative estimate of drug-likeness (QED) is 0.695. The van der Waals surface area contributed by atoms with Gasteiger partial charge in [-0.1, -0.05) is 13.3 Å². The number of rotatable bonds is 7. The van der Waals surface area contributed by atoms with Gasteiger partial charge in [0.2, 0.25) is 0 Å². The molecule has 1 saturated heterocycles. The van der Waals surface area contributed by atoms with Gasteiger partial charge in [0.1, 0.15) is 0 Å². The number of carboxylic acid groups (broad SMARTS) is 1. The monoisotopic (exact) mass is 243 g/mol. The molecular weight excluding hydrogens is 218 g/mol. The Morgan fingerprint density at radius 2 is 2.06 bits per heavy atom. The van der Waals surface area contributed by atoms with Crippen LogP contribution in [-0.2, 0) is 9.53 Å². The fourth-order valence-corrected chi connectivity index (χ4v) is 2.69. The van der Waals surface area contributed by atoms with Crippen molar-refractivity contribution in [3.63, 3.8) is 0 Å². The summed E-state index contributed by atoms with van der Waals surface area (Å²) >= 11 is 0. The van der Waals surface area contributed by atoms with E-state index < -0.39 is 11.4 Å². The maximum Gasteiger partial charge on any atom is 0.309 e. The van der Waals surface area contributed by atoms with Crippen LogP contribution in [0.2, 0.25) is 0 Å². The van der Waals surface area contributed by atoms with Crippen LogP contribution in [0.15, 0.2) is 0 Å². The number of nitrogens with zero attached hydrogens (tertiary/aromatic N) is 1. The summed E-state index contributed by atoms with van der Waals surface area (Å²) in [5.74, 6) is -0.601. The number of carboxylic acids is 1. The minimum absolute atomic E-state index is 0.452. The van der Waals surface area contributed by atoms with Gasteiger partial charge in [0, 0.05) is 20.3 Å². The minimum atomic E-state index is -0.601. The second kappa shape index (κ2) is 6.97. The third-order valence-corrected chi connectivity index (χ3v) is 3.82. The van der Waals surface area contributed by atoms with Gasteiger partial charge in [0.15, 0.2) is 0 Å². The summed E-state index contributed by atoms with van der Waals surface area (Å²) in [6, 6.07) is 0. The van der Waals surface area contributed by atoms with Crippen molar-refractivity contribution >= 4 is 5.97 Å². The molecule has 0 atom stereocenters. The minimum Gasteiger partial charge on any atom is -0.481 e. The van der Waals surface area contributed by atoms with Crippen LogP contribution in [-0.4, -0.2) is 49.3 Å². The molecule has 0 unspecified atom stereocenters. The Labute approximate surface area is 104 Å². The zero-order chi connectivity index (χ0) is 12.7. The van der Waals surface area contributed by atoms with Crippen molar-refractivity contribution in [2.75, 3.05) is 33.4 Å². The number of aliphatic carboxylic acids is 1. The lowest BCUT2D eigenvalue weighted by molar-refractivity contribution is -0.152. The molecule has 1 fully saturated rings. The van der Waals surface area contributed by atoms with E-state index in [1.807, 2.05) is 0 Å². The Balaban J connectivity index is 2.39. The third kappa shape index (κ3) is 3.96. The van der Waals surface area contributed by atoms with Crippen molar-refractivity contribution in [1.29, 1.82) is 0 Å². The van der Waals surface area contributed by atoms with Crippen LogP contribution in [0, 0.1) is 5.41 Å². The maximum absolute atomic E-state index is 11.4. The van der Waals surface area contributed by atoms with E-state index in [2.05, 4.69) is 11.8 Å². The van der Waals surface area contributed by atoms with E-state index in [9.17, 15) is 9.90 Å². The van der Waals surface area contributed by atoms with Gasteiger partial charge in [0.05, 0.1) is 5.41 Å². The molecule has 4 nitrogen and oxygen atoms in total. The number of methoxy groups -OCH3 is 1. The van der Waals surface area contributed by atoms with Crippen molar-refractivity contribution in [1.82, 2.24) is 4.90 Å². The fraction of sp³-hybridized carbons (Fsp3) is 0.923. The van der Waals surface area contributed by atoms with Crippen LogP contribution in [0.3, 0.4) is 0 Å². The van der Waals surface area contributed by atoms with E-state index in [0.29, 0.717) is 0 Å². The van der Waals surface area contributed by atoms with Crippen molar-refractivity contribution < 1.29 is 14.6 Å². The lowest BCUT2D eigenvalue weighted by atomic mass is 9.75. The highest BCUT2D eigenvalue weighted by atomic mass is 16.5. The smallest absolute Gasteiger partial charge is 0.309 e. The van der Waals surface area contributed by atoms with E-state index in [0.717, 1.165) is 58.3 Å². The number of piperidine rings is 1. The van der Waals surface area contributed by atoms with Gasteiger partial charge in [-0.15, -0.1) is 0 Å². The Hall–Kier alpha value is -0.610. The van der Waals surface area contributed by atoms with Gasteiger partial charge in [-0.2, -0.15) is 0 Å². The molecule has 0 aromatic carbocycles. The molecule has 1 aliphatic rings. The first-order chi connectivity index (χ1) is 8.14. The van der Waals surface area contributed by atoms with Crippen LogP contribution in [0.1, 0.15) is 39.0 Å². The lowest BCUT2D eigenvalue weighted by Gasteiger charge is -2.38. The average Bonchev–Trinajstić information content (AvgIpc) is 2.32. The summed E-state index contributed by atoms with van der Waals surface area (Å²) in [5, 5.41) is 9.38. The first kappa shape index (κ1) is 14.5. The molecule has 0 aliphatic carbocycles. The van der Waals surface area contributed by atoms with Crippen molar-refractivity contribution in [3.05, 3.63) is 0 Å². The standard InChI is InChI=1S/C13H25NO3/c1-3-5-13(12(15)16)6-9-14(10-7-13)8-4-11-17-2/h3-11H2,1-2H3,(H,15,16). The number of hydrogen-bond donors (Lipinski definition) is 1. The molecule has 0 aromatic heterocycles. The van der Waals surface area contributed by atoms with E-state index in [1.165, 1.54) is 0 Å². The largest absolute Gasteiger partial charge is 0.481 e. The summed E-state index contributed by atoms with van der Waals surface area (Å²) in [4.78, 5) is 13.8. The van der Waals surface area contributed by atoms with Crippen LogP contribution >= 0.6 is 0 Å². The summed E-state index contributed by atoms with van der Waals surface area (Å²) < 4.78 is 5.03. The van der Waals surface area contributed by atoms with Crippen LogP contribution in [0.5, 0.6) is 0 Å². The Bertz CT molecular complexity index is 235. The Kier molecular flexibility index (Phi) is 5.92. The second-order valence-corrected chi connectivity index (χ2v) is 5.02. The molecule has 1 N–H and O–H groups in total. The third-order valence-electron chi connectivity index (χ3n) is 3.82. The molecule has 1 heterocycles. The Morgan fingerprint density at radius 1 is 1.41 bits per heavy atom. The molecule has 0 bridgehead atoms. The molecule has 0 radical (unpaired) electrons. The molecule has 0 saturated carbocycles. The first-order valence-corrected chi connectivity index (χ1v) is 6.59. The Morgan fingerprint density at radius 3 is 2.53 bits per heavy atom. The molecule has 100 valence electrons. The number of ether oxygens (including phenoxy) is 1. The zero-order valence-corrected chi connectivity index (χ0v) is 11.1. The van der Waals surface area contributed by atoms with Crippen molar-refractivity contribution in [2.45, 2.75) is 39.0 Å². The maximum atomic E-state index is 11.4. The fourth-order valence-electron chi connectivity index (χ4n) is 2.69. The number of hydrogen-bond acceptors (Lipinski definition) is 3. The molecule has 0 spiro atoms. The van der Waals surface area contributed by atoms with E-state index >= 15 is 0 Å². The van der Waals surface area contributed by atoms with Gasteiger partial charge in [0.25, 0.3) is 0 Å². The summed E-state index contributed by atoms with van der Waals surface area (Å²) in [6.45, 7) is 5.70. The molecule has 17 heavy (non-hydrogen) atoms. The second-order valence-electron chi connectivity index (χ2n) is 5.02. The van der Waals surface area contributed by atoms with Crippen LogP contribution < -0.4 is 0 Å². The SMILES string of the molecule is CCCC1(C(=O)O)CCN(CCCOC)CC1. The van der Waals surface area contributed by atoms with E-state index in [-0.39, 0.29) is 0 Å². The number of carbonyl (C=O) groups is 1. The molecule has 1 aliphatic heterocycles. The van der Waals surface area contributed by atoms with Gasteiger partial charge < -0.3 is 14.7 Å². The van der Waals surface area contributed by atoms with E-state index in [4.69, 9.17) is 4.74 Å². The highest BCUT2D eigenvalue weighted by Gasteiger charge is 2.40. The van der Waals surface area contributed by atoms with Gasteiger partial charge in [-0.25, -0.2) is 0 Å². The number of likely N-dealkylation sites (tertiary alicyclic amines) is 1. The zero-order valence-electron chi connectivity index (χ0n) is 11.1. The predicted octanol–water partition coefficient (Wildman–Crippen LogP) is 1.99. The van der Waals surface area contributed by atoms with Crippen LogP contribution in [0.25, 0.3) is 0 Å². The summed E-state index contributed by atoms with van der Waals surface area (Å²) in [6.07, 6.45) is 4.39. The predicted molar refractivity (Wildman–Crippen MR) is 67.1 cm³/mol. The van der Waals surface area contributed by atoms with Gasteiger partial charge in [-0.3, -0.25) is 4.79 Å². The van der Waals surface area contributed by atoms with Gasteiger partial charge in [-0.05, 0) is 38.8 Å². The lowest BCUT2D eigenvalue weighted by Crippen LogP contribution is -2.44.